The van der Waals surface area contributed by atoms with Crippen molar-refractivity contribution in [3.63, 3.8) is 0 Å². The van der Waals surface area contributed by atoms with E-state index in [2.05, 4.69) is 16.9 Å². The summed E-state index contributed by atoms with van der Waals surface area (Å²) in [6.07, 6.45) is 3.97. The van der Waals surface area contributed by atoms with Crippen LogP contribution in [-0.4, -0.2) is 19.5 Å². The van der Waals surface area contributed by atoms with Crippen LogP contribution in [0.3, 0.4) is 0 Å². The van der Waals surface area contributed by atoms with Crippen LogP contribution in [0.15, 0.2) is 14.7 Å². The zero-order valence-corrected chi connectivity index (χ0v) is 18.9. The zero-order valence-electron chi connectivity index (χ0n) is 16.4. The molecule has 29 heavy (non-hydrogen) atoms. The van der Waals surface area contributed by atoms with E-state index in [0.29, 0.717) is 16.7 Å². The summed E-state index contributed by atoms with van der Waals surface area (Å²) in [5, 5.41) is 2.15. The Hall–Kier alpha value is -1.97. The number of aryl methyl sites for hydroxylation is 4. The van der Waals surface area contributed by atoms with Crippen LogP contribution in [0, 0.1) is 6.92 Å². The Morgan fingerprint density at radius 3 is 2.72 bits per heavy atom. The van der Waals surface area contributed by atoms with Crippen molar-refractivity contribution in [3.8, 4) is 0 Å². The molecule has 4 heterocycles. The molecular weight excluding hydrogens is 424 g/mol. The molecule has 1 N–H and O–H groups in total. The van der Waals surface area contributed by atoms with Crippen molar-refractivity contribution in [1.82, 2.24) is 19.5 Å². The number of H-pyrrole nitrogens is 1. The predicted octanol–water partition coefficient (Wildman–Crippen LogP) is 3.94. The average molecular weight is 445 g/mol. The molecule has 1 aliphatic carbocycles. The lowest BCUT2D eigenvalue weighted by Crippen LogP contribution is -2.20. The van der Waals surface area contributed by atoms with Crippen molar-refractivity contribution in [3.05, 3.63) is 47.4 Å². The Bertz CT molecular complexity index is 1390. The first kappa shape index (κ1) is 19.0. The minimum Gasteiger partial charge on any atom is -0.309 e. The molecule has 150 valence electrons. The zero-order chi connectivity index (χ0) is 20.3. The molecular formula is C20H20N4O2S3. The average Bonchev–Trinajstić information content (AvgIpc) is 3.35. The molecule has 4 aromatic rings. The lowest BCUT2D eigenvalue weighted by Gasteiger charge is -2.07. The van der Waals surface area contributed by atoms with Gasteiger partial charge in [-0.3, -0.25) is 14.2 Å². The fraction of sp³-hybridized carbons (Fsp3) is 0.400. The molecule has 0 aromatic carbocycles. The van der Waals surface area contributed by atoms with Crippen molar-refractivity contribution in [2.75, 3.05) is 0 Å². The van der Waals surface area contributed by atoms with Gasteiger partial charge >= 0.3 is 0 Å². The smallest absolute Gasteiger partial charge is 0.262 e. The highest BCUT2D eigenvalue weighted by Gasteiger charge is 2.21. The highest BCUT2D eigenvalue weighted by atomic mass is 32.2. The van der Waals surface area contributed by atoms with Crippen molar-refractivity contribution >= 4 is 54.9 Å². The number of aromatic nitrogens is 4. The number of nitrogens with zero attached hydrogens (tertiary/aromatic N) is 3. The molecule has 0 saturated heterocycles. The summed E-state index contributed by atoms with van der Waals surface area (Å²) >= 11 is 4.64. The summed E-state index contributed by atoms with van der Waals surface area (Å²) in [6.45, 7) is 4.11. The second kappa shape index (κ2) is 7.07. The third-order valence-corrected chi connectivity index (χ3v) is 8.78. The van der Waals surface area contributed by atoms with Gasteiger partial charge in [-0.05, 0) is 43.7 Å². The van der Waals surface area contributed by atoms with Gasteiger partial charge in [0.05, 0.1) is 16.5 Å². The quantitative estimate of drug-likeness (QED) is 0.381. The molecule has 0 radical (unpaired) electrons. The van der Waals surface area contributed by atoms with Crippen LogP contribution < -0.4 is 11.1 Å². The molecule has 4 aromatic heterocycles. The van der Waals surface area contributed by atoms with Crippen molar-refractivity contribution in [1.29, 1.82) is 0 Å². The number of fused-ring (bicyclic) bond motifs is 4. The summed E-state index contributed by atoms with van der Waals surface area (Å²) in [5.74, 6) is 1.09. The lowest BCUT2D eigenvalue weighted by molar-refractivity contribution is 0.726. The normalized spacial score (nSPS) is 13.6. The van der Waals surface area contributed by atoms with Gasteiger partial charge in [0.1, 0.15) is 15.5 Å². The number of hydrogen-bond donors (Lipinski definition) is 1. The van der Waals surface area contributed by atoms with Gasteiger partial charge in [-0.1, -0.05) is 18.7 Å². The van der Waals surface area contributed by atoms with Crippen LogP contribution in [0.4, 0.5) is 0 Å². The van der Waals surface area contributed by atoms with E-state index in [4.69, 9.17) is 4.98 Å². The Balaban J connectivity index is 1.50. The van der Waals surface area contributed by atoms with Gasteiger partial charge in [-0.2, -0.15) is 0 Å². The molecule has 5 rings (SSSR count). The van der Waals surface area contributed by atoms with E-state index >= 15 is 0 Å². The van der Waals surface area contributed by atoms with Crippen LogP contribution in [-0.2, 0) is 32.1 Å². The maximum absolute atomic E-state index is 12.9. The van der Waals surface area contributed by atoms with Gasteiger partial charge in [-0.15, -0.1) is 22.7 Å². The van der Waals surface area contributed by atoms with E-state index in [1.54, 1.807) is 34.3 Å². The first-order valence-electron chi connectivity index (χ1n) is 9.63. The SMILES string of the molecule is CCc1c(C)sc2nc(SCc3nc4sc5c(c4c(=O)[nH]3)CCC5)n(C)c(=O)c12. The molecule has 0 amide bonds. The fourth-order valence-corrected chi connectivity index (χ4v) is 7.36. The maximum Gasteiger partial charge on any atom is 0.262 e. The highest BCUT2D eigenvalue weighted by molar-refractivity contribution is 7.98. The fourth-order valence-electron chi connectivity index (χ4n) is 4.08. The second-order valence-electron chi connectivity index (χ2n) is 7.27. The molecule has 1 aliphatic rings. The van der Waals surface area contributed by atoms with E-state index in [0.717, 1.165) is 56.6 Å². The minimum absolute atomic E-state index is 0.00899. The van der Waals surface area contributed by atoms with E-state index in [-0.39, 0.29) is 11.1 Å². The highest BCUT2D eigenvalue weighted by Crippen LogP contribution is 2.35. The van der Waals surface area contributed by atoms with Crippen molar-refractivity contribution in [2.45, 2.75) is 50.4 Å². The van der Waals surface area contributed by atoms with E-state index < -0.39 is 0 Å². The van der Waals surface area contributed by atoms with E-state index in [1.165, 1.54) is 22.2 Å². The van der Waals surface area contributed by atoms with Gasteiger partial charge in [-0.25, -0.2) is 9.97 Å². The third kappa shape index (κ3) is 2.98. The van der Waals surface area contributed by atoms with E-state index in [1.807, 2.05) is 6.92 Å². The summed E-state index contributed by atoms with van der Waals surface area (Å²) in [5.41, 5.74) is 2.22. The Morgan fingerprint density at radius 2 is 1.93 bits per heavy atom. The number of thiophene rings is 2. The molecule has 9 heteroatoms. The van der Waals surface area contributed by atoms with Crippen LogP contribution in [0.1, 0.15) is 40.1 Å². The maximum atomic E-state index is 12.9. The van der Waals surface area contributed by atoms with Gasteiger partial charge in [0.15, 0.2) is 5.16 Å². The second-order valence-corrected chi connectivity index (χ2v) is 10.5. The lowest BCUT2D eigenvalue weighted by atomic mass is 10.1. The van der Waals surface area contributed by atoms with Crippen LogP contribution in [0.2, 0.25) is 0 Å². The summed E-state index contributed by atoms with van der Waals surface area (Å²) in [4.78, 5) is 42.0. The molecule has 0 spiro atoms. The molecule has 0 fully saturated rings. The van der Waals surface area contributed by atoms with E-state index in [9.17, 15) is 9.59 Å². The predicted molar refractivity (Wildman–Crippen MR) is 121 cm³/mol. The van der Waals surface area contributed by atoms with Crippen LogP contribution in [0.5, 0.6) is 0 Å². The Morgan fingerprint density at radius 1 is 1.14 bits per heavy atom. The number of hydrogen-bond acceptors (Lipinski definition) is 7. The number of nitrogens with one attached hydrogen (secondary N) is 1. The van der Waals surface area contributed by atoms with Gasteiger partial charge in [0.2, 0.25) is 0 Å². The number of aromatic amines is 1. The number of rotatable bonds is 4. The topological polar surface area (TPSA) is 80.6 Å². The molecule has 0 bridgehead atoms. The standard InChI is InChI=1S/C20H20N4O2S3/c1-4-10-9(2)28-18-15(10)19(26)24(3)20(23-18)27-8-13-21-16(25)14-11-6-5-7-12(11)29-17(14)22-13/h4-8H2,1-3H3,(H,21,22,25). The molecule has 0 aliphatic heterocycles. The summed E-state index contributed by atoms with van der Waals surface area (Å²) in [6, 6.07) is 0. The van der Waals surface area contributed by atoms with Crippen LogP contribution >= 0.6 is 34.4 Å². The summed E-state index contributed by atoms with van der Waals surface area (Å²) < 4.78 is 1.61. The monoisotopic (exact) mass is 444 g/mol. The first-order chi connectivity index (χ1) is 14.0. The number of thioether (sulfide) groups is 1. The molecule has 0 unspecified atom stereocenters. The molecule has 0 atom stereocenters. The van der Waals surface area contributed by atoms with Crippen molar-refractivity contribution in [2.24, 2.45) is 7.05 Å². The van der Waals surface area contributed by atoms with Crippen LogP contribution in [0.25, 0.3) is 20.4 Å². The molecule has 6 nitrogen and oxygen atoms in total. The minimum atomic E-state index is -0.0521. The molecule has 0 saturated carbocycles. The largest absolute Gasteiger partial charge is 0.309 e. The Kier molecular flexibility index (Phi) is 4.64. The van der Waals surface area contributed by atoms with Gasteiger partial charge in [0.25, 0.3) is 11.1 Å². The van der Waals surface area contributed by atoms with Gasteiger partial charge < -0.3 is 4.98 Å². The first-order valence-corrected chi connectivity index (χ1v) is 12.2. The summed E-state index contributed by atoms with van der Waals surface area (Å²) in [7, 11) is 1.76. The Labute approximate surface area is 179 Å². The third-order valence-electron chi connectivity index (χ3n) is 5.51. The van der Waals surface area contributed by atoms with Gasteiger partial charge in [0, 0.05) is 16.8 Å². The van der Waals surface area contributed by atoms with Crippen molar-refractivity contribution < 1.29 is 0 Å².